The standard InChI is InChI=1S/C21H23F3N6O.HI/c1-25-20(27-12-16-7-8-19(26-11-16)31-15-21(22,23)24)28-13-17-5-2-3-6-18(17)14-30-10-4-9-29-30;/h2-11H,12-15H2,1H3,(H2,25,27,28);1H. The highest BCUT2D eigenvalue weighted by Gasteiger charge is 2.28. The Morgan fingerprint density at radius 1 is 1.06 bits per heavy atom. The smallest absolute Gasteiger partial charge is 0.422 e. The number of halogens is 4. The number of rotatable bonds is 8. The lowest BCUT2D eigenvalue weighted by Crippen LogP contribution is -2.36. The van der Waals surface area contributed by atoms with Crippen LogP contribution in [0.15, 0.2) is 66.0 Å². The van der Waals surface area contributed by atoms with Crippen molar-refractivity contribution in [3.63, 3.8) is 0 Å². The summed E-state index contributed by atoms with van der Waals surface area (Å²) in [5.41, 5.74) is 3.04. The molecule has 32 heavy (non-hydrogen) atoms. The molecule has 2 aromatic heterocycles. The second-order valence-electron chi connectivity index (χ2n) is 6.66. The second kappa shape index (κ2) is 12.3. The molecule has 2 N–H and O–H groups in total. The lowest BCUT2D eigenvalue weighted by molar-refractivity contribution is -0.154. The molecule has 0 saturated carbocycles. The molecule has 0 aliphatic rings. The average molecular weight is 560 g/mol. The number of pyridine rings is 1. The largest absolute Gasteiger partial charge is 0.468 e. The van der Waals surface area contributed by atoms with Crippen molar-refractivity contribution in [1.29, 1.82) is 0 Å². The maximum Gasteiger partial charge on any atom is 0.422 e. The molecule has 0 aliphatic carbocycles. The third kappa shape index (κ3) is 8.36. The maximum absolute atomic E-state index is 12.2. The Hall–Kier alpha value is -2.83. The van der Waals surface area contributed by atoms with Crippen molar-refractivity contribution in [2.45, 2.75) is 25.8 Å². The third-order valence-electron chi connectivity index (χ3n) is 4.32. The first-order valence-corrected chi connectivity index (χ1v) is 9.56. The molecule has 0 spiro atoms. The summed E-state index contributed by atoms with van der Waals surface area (Å²) in [4.78, 5) is 8.10. The van der Waals surface area contributed by atoms with E-state index in [2.05, 4.69) is 36.5 Å². The zero-order valence-corrected chi connectivity index (χ0v) is 19.7. The number of guanidine groups is 1. The molecule has 11 heteroatoms. The van der Waals surface area contributed by atoms with Gasteiger partial charge in [0, 0.05) is 44.8 Å². The second-order valence-corrected chi connectivity index (χ2v) is 6.66. The predicted octanol–water partition coefficient (Wildman–Crippen LogP) is 3.75. The molecule has 0 unspecified atom stereocenters. The minimum Gasteiger partial charge on any atom is -0.468 e. The maximum atomic E-state index is 12.2. The van der Waals surface area contributed by atoms with E-state index in [1.165, 1.54) is 12.3 Å². The number of alkyl halides is 3. The van der Waals surface area contributed by atoms with Crippen LogP contribution >= 0.6 is 24.0 Å². The molecule has 3 aromatic rings. The van der Waals surface area contributed by atoms with E-state index < -0.39 is 12.8 Å². The van der Waals surface area contributed by atoms with Gasteiger partial charge in [0.05, 0.1) is 6.54 Å². The number of aliphatic imine (C=N–C) groups is 1. The summed E-state index contributed by atoms with van der Waals surface area (Å²) < 4.78 is 43.1. The third-order valence-corrected chi connectivity index (χ3v) is 4.32. The molecular weight excluding hydrogens is 536 g/mol. The van der Waals surface area contributed by atoms with Gasteiger partial charge < -0.3 is 15.4 Å². The zero-order chi connectivity index (χ0) is 22.1. The molecule has 3 rings (SSSR count). The first-order valence-electron chi connectivity index (χ1n) is 9.56. The van der Waals surface area contributed by atoms with E-state index in [1.54, 1.807) is 19.3 Å². The van der Waals surface area contributed by atoms with Gasteiger partial charge in [-0.25, -0.2) is 4.98 Å². The topological polar surface area (TPSA) is 76.4 Å². The van der Waals surface area contributed by atoms with E-state index in [-0.39, 0.29) is 29.9 Å². The normalized spacial score (nSPS) is 11.6. The SMILES string of the molecule is CN=C(NCc1ccc(OCC(F)(F)F)nc1)NCc1ccccc1Cn1cccn1.I. The van der Waals surface area contributed by atoms with Crippen LogP contribution < -0.4 is 15.4 Å². The number of hydrogen-bond acceptors (Lipinski definition) is 4. The number of benzene rings is 1. The van der Waals surface area contributed by atoms with Crippen molar-refractivity contribution >= 4 is 29.9 Å². The van der Waals surface area contributed by atoms with E-state index >= 15 is 0 Å². The van der Waals surface area contributed by atoms with Crippen LogP contribution in [0.4, 0.5) is 13.2 Å². The zero-order valence-electron chi connectivity index (χ0n) is 17.3. The van der Waals surface area contributed by atoms with E-state index in [0.717, 1.165) is 16.7 Å². The molecule has 0 atom stereocenters. The van der Waals surface area contributed by atoms with Gasteiger partial charge in [-0.3, -0.25) is 9.67 Å². The van der Waals surface area contributed by atoms with Crippen molar-refractivity contribution in [1.82, 2.24) is 25.4 Å². The minimum atomic E-state index is -4.39. The fraction of sp³-hybridized carbons (Fsp3) is 0.286. The van der Waals surface area contributed by atoms with Crippen LogP contribution in [0.5, 0.6) is 5.88 Å². The molecule has 0 radical (unpaired) electrons. The molecule has 1 aromatic carbocycles. The highest BCUT2D eigenvalue weighted by Crippen LogP contribution is 2.17. The summed E-state index contributed by atoms with van der Waals surface area (Å²) in [5, 5.41) is 10.7. The monoisotopic (exact) mass is 560 g/mol. The number of nitrogens with zero attached hydrogens (tertiary/aromatic N) is 4. The lowest BCUT2D eigenvalue weighted by Gasteiger charge is -2.14. The number of ether oxygens (including phenoxy) is 1. The van der Waals surface area contributed by atoms with Gasteiger partial charge in [-0.1, -0.05) is 30.3 Å². The van der Waals surface area contributed by atoms with E-state index in [4.69, 9.17) is 0 Å². The molecule has 172 valence electrons. The van der Waals surface area contributed by atoms with E-state index in [1.807, 2.05) is 35.1 Å². The Morgan fingerprint density at radius 2 is 1.81 bits per heavy atom. The van der Waals surface area contributed by atoms with Gasteiger partial charge >= 0.3 is 6.18 Å². The Kier molecular flexibility index (Phi) is 9.75. The molecule has 0 aliphatic heterocycles. The van der Waals surface area contributed by atoms with Crippen molar-refractivity contribution in [2.75, 3.05) is 13.7 Å². The van der Waals surface area contributed by atoms with Gasteiger partial charge in [-0.2, -0.15) is 18.3 Å². The molecule has 0 fully saturated rings. The van der Waals surface area contributed by atoms with Crippen molar-refractivity contribution in [2.24, 2.45) is 4.99 Å². The van der Waals surface area contributed by atoms with Gasteiger partial charge in [0.15, 0.2) is 12.6 Å². The molecular formula is C21H24F3IN6O. The first-order chi connectivity index (χ1) is 14.9. The van der Waals surface area contributed by atoms with Gasteiger partial charge in [0.2, 0.25) is 5.88 Å². The summed E-state index contributed by atoms with van der Waals surface area (Å²) in [6, 6.07) is 13.0. The van der Waals surface area contributed by atoms with Crippen LogP contribution in [0, 0.1) is 0 Å². The van der Waals surface area contributed by atoms with Crippen LogP contribution in [0.1, 0.15) is 16.7 Å². The summed E-state index contributed by atoms with van der Waals surface area (Å²) in [5.74, 6) is 0.517. The molecule has 0 amide bonds. The van der Waals surface area contributed by atoms with Crippen LogP contribution in [-0.2, 0) is 19.6 Å². The average Bonchev–Trinajstić information content (AvgIpc) is 3.27. The Labute approximate surface area is 201 Å². The lowest BCUT2D eigenvalue weighted by atomic mass is 10.1. The summed E-state index contributed by atoms with van der Waals surface area (Å²) in [6.07, 6.45) is 0.733. The predicted molar refractivity (Wildman–Crippen MR) is 126 cm³/mol. The van der Waals surface area contributed by atoms with Gasteiger partial charge in [-0.15, -0.1) is 24.0 Å². The summed E-state index contributed by atoms with van der Waals surface area (Å²) in [6.45, 7) is 0.280. The van der Waals surface area contributed by atoms with Gasteiger partial charge in [0.25, 0.3) is 0 Å². The summed E-state index contributed by atoms with van der Waals surface area (Å²) >= 11 is 0. The van der Waals surface area contributed by atoms with Crippen LogP contribution in [0.3, 0.4) is 0 Å². The van der Waals surface area contributed by atoms with Crippen molar-refractivity contribution in [3.05, 3.63) is 77.7 Å². The first kappa shape index (κ1) is 25.4. The number of nitrogens with one attached hydrogen (secondary N) is 2. The molecule has 7 nitrogen and oxygen atoms in total. The Morgan fingerprint density at radius 3 is 2.44 bits per heavy atom. The van der Waals surface area contributed by atoms with Crippen LogP contribution in [0.2, 0.25) is 0 Å². The van der Waals surface area contributed by atoms with Gasteiger partial charge in [0.1, 0.15) is 0 Å². The molecule has 2 heterocycles. The number of aromatic nitrogens is 3. The minimum absolute atomic E-state index is 0. The summed E-state index contributed by atoms with van der Waals surface area (Å²) in [7, 11) is 1.66. The van der Waals surface area contributed by atoms with Crippen LogP contribution in [0.25, 0.3) is 0 Å². The van der Waals surface area contributed by atoms with Crippen molar-refractivity contribution < 1.29 is 17.9 Å². The quantitative estimate of drug-likeness (QED) is 0.250. The highest BCUT2D eigenvalue weighted by molar-refractivity contribution is 14.0. The fourth-order valence-corrected chi connectivity index (χ4v) is 2.79. The van der Waals surface area contributed by atoms with Crippen molar-refractivity contribution in [3.8, 4) is 5.88 Å². The Bertz CT molecular complexity index is 978. The fourth-order valence-electron chi connectivity index (χ4n) is 2.79. The number of hydrogen-bond donors (Lipinski definition) is 2. The van der Waals surface area contributed by atoms with E-state index in [9.17, 15) is 13.2 Å². The highest BCUT2D eigenvalue weighted by atomic mass is 127. The Balaban J connectivity index is 0.00000363. The van der Waals surface area contributed by atoms with Crippen LogP contribution in [-0.4, -0.2) is 40.6 Å². The van der Waals surface area contributed by atoms with Gasteiger partial charge in [-0.05, 0) is 22.8 Å². The molecule has 0 saturated heterocycles. The van der Waals surface area contributed by atoms with E-state index in [0.29, 0.717) is 25.6 Å². The molecule has 0 bridgehead atoms.